The summed E-state index contributed by atoms with van der Waals surface area (Å²) in [5.74, 6) is 0.308. The summed E-state index contributed by atoms with van der Waals surface area (Å²) in [5.41, 5.74) is 5.75. The summed E-state index contributed by atoms with van der Waals surface area (Å²) in [5, 5.41) is 2.78. The maximum absolute atomic E-state index is 11.9. The summed E-state index contributed by atoms with van der Waals surface area (Å²) < 4.78 is 5.50. The highest BCUT2D eigenvalue weighted by atomic mass is 16.5. The number of nitrogens with zero attached hydrogens (tertiary/aromatic N) is 1. The van der Waals surface area contributed by atoms with Gasteiger partial charge in [-0.2, -0.15) is 0 Å². The van der Waals surface area contributed by atoms with Crippen molar-refractivity contribution in [1.82, 2.24) is 4.90 Å². The summed E-state index contributed by atoms with van der Waals surface area (Å²) in [6.45, 7) is 5.16. The molecule has 2 amide bonds. The number of nitrogens with two attached hydrogens (primary N) is 1. The Morgan fingerprint density at radius 1 is 1.32 bits per heavy atom. The zero-order valence-electron chi connectivity index (χ0n) is 13.1. The standard InChI is InChI=1S/C16H23N3O3/c1-3-19(4-2)14(20)11-22-13-7-5-6-12(10-13)18-15(21)16(17)8-9-16/h5-7,10H,3-4,8-9,11,17H2,1-2H3,(H,18,21). The third-order valence-electron chi connectivity index (χ3n) is 3.81. The number of hydrogen-bond acceptors (Lipinski definition) is 4. The van der Waals surface area contributed by atoms with E-state index in [0.717, 1.165) is 0 Å². The van der Waals surface area contributed by atoms with Gasteiger partial charge in [-0.1, -0.05) is 6.07 Å². The Kier molecular flexibility index (Phi) is 5.03. The van der Waals surface area contributed by atoms with Gasteiger partial charge >= 0.3 is 0 Å². The van der Waals surface area contributed by atoms with Crippen molar-refractivity contribution in [3.05, 3.63) is 24.3 Å². The van der Waals surface area contributed by atoms with Crippen LogP contribution in [-0.4, -0.2) is 41.9 Å². The maximum Gasteiger partial charge on any atom is 0.260 e. The van der Waals surface area contributed by atoms with Crippen LogP contribution < -0.4 is 15.8 Å². The van der Waals surface area contributed by atoms with Gasteiger partial charge in [0, 0.05) is 24.8 Å². The van der Waals surface area contributed by atoms with Crippen LogP contribution in [0.25, 0.3) is 0 Å². The third kappa shape index (κ3) is 3.98. The number of carbonyl (C=O) groups excluding carboxylic acids is 2. The lowest BCUT2D eigenvalue weighted by atomic mass is 10.2. The van der Waals surface area contributed by atoms with Gasteiger partial charge in [0.05, 0.1) is 5.54 Å². The molecular formula is C16H23N3O3. The molecule has 0 aliphatic heterocycles. The molecule has 0 aromatic heterocycles. The zero-order chi connectivity index (χ0) is 16.2. The molecule has 120 valence electrons. The molecule has 0 saturated heterocycles. The van der Waals surface area contributed by atoms with Crippen LogP contribution in [0.2, 0.25) is 0 Å². The molecule has 1 aromatic carbocycles. The SMILES string of the molecule is CCN(CC)C(=O)COc1cccc(NC(=O)C2(N)CC2)c1. The lowest BCUT2D eigenvalue weighted by Crippen LogP contribution is -2.37. The Balaban J connectivity index is 1.91. The molecule has 1 aromatic rings. The normalized spacial score (nSPS) is 15.0. The van der Waals surface area contributed by atoms with E-state index in [0.29, 0.717) is 37.4 Å². The van der Waals surface area contributed by atoms with E-state index in [2.05, 4.69) is 5.32 Å². The van der Waals surface area contributed by atoms with Crippen LogP contribution in [0, 0.1) is 0 Å². The van der Waals surface area contributed by atoms with E-state index in [1.165, 1.54) is 0 Å². The predicted molar refractivity (Wildman–Crippen MR) is 84.6 cm³/mol. The second kappa shape index (κ2) is 6.79. The minimum absolute atomic E-state index is 0.0140. The molecule has 1 fully saturated rings. The number of benzene rings is 1. The van der Waals surface area contributed by atoms with Crippen LogP contribution in [-0.2, 0) is 9.59 Å². The highest BCUT2D eigenvalue weighted by Crippen LogP contribution is 2.33. The van der Waals surface area contributed by atoms with Crippen molar-refractivity contribution >= 4 is 17.5 Å². The fourth-order valence-electron chi connectivity index (χ4n) is 2.09. The quantitative estimate of drug-likeness (QED) is 0.796. The molecule has 6 nitrogen and oxygen atoms in total. The summed E-state index contributed by atoms with van der Waals surface area (Å²) in [6.07, 6.45) is 1.43. The minimum Gasteiger partial charge on any atom is -0.484 e. The molecule has 1 saturated carbocycles. The molecule has 1 aliphatic carbocycles. The van der Waals surface area contributed by atoms with Gasteiger partial charge in [0.1, 0.15) is 5.75 Å². The molecule has 3 N–H and O–H groups in total. The van der Waals surface area contributed by atoms with Crippen molar-refractivity contribution in [3.63, 3.8) is 0 Å². The van der Waals surface area contributed by atoms with Crippen LogP contribution in [0.3, 0.4) is 0 Å². The Labute approximate surface area is 130 Å². The van der Waals surface area contributed by atoms with Crippen molar-refractivity contribution in [1.29, 1.82) is 0 Å². The van der Waals surface area contributed by atoms with Crippen molar-refractivity contribution < 1.29 is 14.3 Å². The lowest BCUT2D eigenvalue weighted by Gasteiger charge is -2.18. The van der Waals surface area contributed by atoms with Crippen LogP contribution in [0.4, 0.5) is 5.69 Å². The van der Waals surface area contributed by atoms with Gasteiger partial charge in [0.25, 0.3) is 5.91 Å². The average Bonchev–Trinajstić information content (AvgIpc) is 3.26. The number of amides is 2. The number of rotatable bonds is 7. The first kappa shape index (κ1) is 16.3. The number of nitrogens with one attached hydrogen (secondary N) is 1. The van der Waals surface area contributed by atoms with Gasteiger partial charge in [-0.3, -0.25) is 9.59 Å². The largest absolute Gasteiger partial charge is 0.484 e. The number of likely N-dealkylation sites (N-methyl/N-ethyl adjacent to an activating group) is 1. The highest BCUT2D eigenvalue weighted by molar-refractivity contribution is 6.00. The van der Waals surface area contributed by atoms with E-state index in [-0.39, 0.29) is 18.4 Å². The number of anilines is 1. The monoisotopic (exact) mass is 305 g/mol. The lowest BCUT2D eigenvalue weighted by molar-refractivity contribution is -0.133. The molecule has 0 bridgehead atoms. The molecule has 0 spiro atoms. The van der Waals surface area contributed by atoms with Gasteiger partial charge in [0.15, 0.2) is 6.61 Å². The topological polar surface area (TPSA) is 84.7 Å². The molecule has 6 heteroatoms. The number of ether oxygens (including phenoxy) is 1. The third-order valence-corrected chi connectivity index (χ3v) is 3.81. The summed E-state index contributed by atoms with van der Waals surface area (Å²) in [6, 6.07) is 6.98. The molecule has 0 unspecified atom stereocenters. The first-order chi connectivity index (χ1) is 10.5. The molecule has 0 heterocycles. The van der Waals surface area contributed by atoms with E-state index < -0.39 is 5.54 Å². The van der Waals surface area contributed by atoms with Crippen molar-refractivity contribution in [2.24, 2.45) is 5.73 Å². The van der Waals surface area contributed by atoms with Gasteiger partial charge in [-0.25, -0.2) is 0 Å². The van der Waals surface area contributed by atoms with Crippen molar-refractivity contribution in [2.45, 2.75) is 32.2 Å². The van der Waals surface area contributed by atoms with E-state index in [9.17, 15) is 9.59 Å². The molecule has 2 rings (SSSR count). The second-order valence-corrected chi connectivity index (χ2v) is 5.49. The molecule has 0 atom stereocenters. The van der Waals surface area contributed by atoms with Crippen molar-refractivity contribution in [3.8, 4) is 5.75 Å². The Hall–Kier alpha value is -2.08. The molecule has 0 radical (unpaired) electrons. The Morgan fingerprint density at radius 2 is 2.00 bits per heavy atom. The summed E-state index contributed by atoms with van der Waals surface area (Å²) in [4.78, 5) is 25.5. The van der Waals surface area contributed by atoms with Crippen LogP contribution >= 0.6 is 0 Å². The number of carbonyl (C=O) groups is 2. The second-order valence-electron chi connectivity index (χ2n) is 5.49. The fraction of sp³-hybridized carbons (Fsp3) is 0.500. The van der Waals surface area contributed by atoms with Crippen LogP contribution in [0.15, 0.2) is 24.3 Å². The Bertz CT molecular complexity index is 551. The zero-order valence-corrected chi connectivity index (χ0v) is 13.1. The highest BCUT2D eigenvalue weighted by Gasteiger charge is 2.45. The van der Waals surface area contributed by atoms with E-state index in [1.54, 1.807) is 29.2 Å². The molecule has 22 heavy (non-hydrogen) atoms. The van der Waals surface area contributed by atoms with Gasteiger partial charge in [-0.05, 0) is 38.8 Å². The summed E-state index contributed by atoms with van der Waals surface area (Å²) >= 11 is 0. The average molecular weight is 305 g/mol. The van der Waals surface area contributed by atoms with Gasteiger partial charge in [-0.15, -0.1) is 0 Å². The summed E-state index contributed by atoms with van der Waals surface area (Å²) in [7, 11) is 0. The predicted octanol–water partition coefficient (Wildman–Crippen LogP) is 1.36. The van der Waals surface area contributed by atoms with Crippen LogP contribution in [0.1, 0.15) is 26.7 Å². The Morgan fingerprint density at radius 3 is 2.59 bits per heavy atom. The van der Waals surface area contributed by atoms with E-state index in [1.807, 2.05) is 13.8 Å². The molecule has 1 aliphatic rings. The smallest absolute Gasteiger partial charge is 0.260 e. The van der Waals surface area contributed by atoms with Crippen LogP contribution in [0.5, 0.6) is 5.75 Å². The first-order valence-corrected chi connectivity index (χ1v) is 7.59. The van der Waals surface area contributed by atoms with Crippen molar-refractivity contribution in [2.75, 3.05) is 25.0 Å². The minimum atomic E-state index is -0.713. The van der Waals surface area contributed by atoms with E-state index in [4.69, 9.17) is 10.5 Å². The number of hydrogen-bond donors (Lipinski definition) is 2. The first-order valence-electron chi connectivity index (χ1n) is 7.59. The fourth-order valence-corrected chi connectivity index (χ4v) is 2.09. The van der Waals surface area contributed by atoms with E-state index >= 15 is 0 Å². The molecular weight excluding hydrogens is 282 g/mol. The maximum atomic E-state index is 11.9. The van der Waals surface area contributed by atoms with Gasteiger partial charge in [0.2, 0.25) is 5.91 Å². The van der Waals surface area contributed by atoms with Gasteiger partial charge < -0.3 is 20.7 Å².